The Bertz CT molecular complexity index is 593. The maximum atomic E-state index is 11.6. The van der Waals surface area contributed by atoms with E-state index in [2.05, 4.69) is 0 Å². The van der Waals surface area contributed by atoms with Crippen LogP contribution in [0.5, 0.6) is 0 Å². The van der Waals surface area contributed by atoms with Gasteiger partial charge in [-0.05, 0) is 12.1 Å². The second-order valence-corrected chi connectivity index (χ2v) is 6.30. The van der Waals surface area contributed by atoms with Crippen LogP contribution in [0.2, 0.25) is 0 Å². The lowest BCUT2D eigenvalue weighted by Gasteiger charge is -2.38. The van der Waals surface area contributed by atoms with E-state index in [1.165, 1.54) is 12.1 Å². The summed E-state index contributed by atoms with van der Waals surface area (Å²) < 4.78 is 23.1. The third-order valence-electron chi connectivity index (χ3n) is 2.81. The second-order valence-electron chi connectivity index (χ2n) is 4.32. The lowest BCUT2D eigenvalue weighted by atomic mass is 10.1. The van der Waals surface area contributed by atoms with Crippen molar-refractivity contribution in [1.29, 1.82) is 0 Å². The van der Waals surface area contributed by atoms with Gasteiger partial charge in [0.2, 0.25) is 0 Å². The Kier molecular flexibility index (Phi) is 2.99. The minimum Gasteiger partial charge on any atom is -0.363 e. The predicted molar refractivity (Wildman–Crippen MR) is 66.4 cm³/mol. The summed E-state index contributed by atoms with van der Waals surface area (Å²) in [7, 11) is -3.63. The molecule has 0 spiro atoms. The Morgan fingerprint density at radius 2 is 2.06 bits per heavy atom. The van der Waals surface area contributed by atoms with Crippen LogP contribution in [0.25, 0.3) is 0 Å². The summed E-state index contributed by atoms with van der Waals surface area (Å²) in [6.07, 6.45) is 0.959. The Labute approximate surface area is 104 Å². The van der Waals surface area contributed by atoms with E-state index in [1.54, 1.807) is 11.0 Å². The van der Waals surface area contributed by atoms with E-state index in [4.69, 9.17) is 5.73 Å². The lowest BCUT2D eigenvalue weighted by Crippen LogP contribution is -2.56. The number of anilines is 1. The zero-order valence-corrected chi connectivity index (χ0v) is 10.6. The van der Waals surface area contributed by atoms with E-state index in [0.29, 0.717) is 18.8 Å². The summed E-state index contributed by atoms with van der Waals surface area (Å²) >= 11 is 0. The third kappa shape index (κ3) is 2.16. The number of rotatable bonds is 3. The first-order valence-corrected chi connectivity index (χ1v) is 7.18. The summed E-state index contributed by atoms with van der Waals surface area (Å²) in [4.78, 5) is 11.9. The first kappa shape index (κ1) is 12.8. The molecule has 1 aliphatic rings. The number of sulfone groups is 1. The van der Waals surface area contributed by atoms with Gasteiger partial charge in [0.15, 0.2) is 9.84 Å². The molecule has 0 atom stereocenters. The van der Waals surface area contributed by atoms with Crippen molar-refractivity contribution in [3.63, 3.8) is 0 Å². The molecule has 0 aromatic heterocycles. The number of nitro benzene ring substituents is 1. The molecule has 2 rings (SSSR count). The first-order chi connectivity index (χ1) is 8.30. The number of para-hydroxylation sites is 1. The van der Waals surface area contributed by atoms with Crippen molar-refractivity contribution in [2.24, 2.45) is 5.73 Å². The average molecular weight is 271 g/mol. The number of hydrogen-bond acceptors (Lipinski definition) is 6. The van der Waals surface area contributed by atoms with Crippen LogP contribution in [-0.4, -0.2) is 38.7 Å². The maximum Gasteiger partial charge on any atom is 0.311 e. The molecule has 1 fully saturated rings. The molecule has 1 heterocycles. The van der Waals surface area contributed by atoms with Crippen LogP contribution < -0.4 is 10.6 Å². The fourth-order valence-electron chi connectivity index (χ4n) is 1.96. The van der Waals surface area contributed by atoms with E-state index in [-0.39, 0.29) is 16.6 Å². The Hall–Kier alpha value is -1.67. The van der Waals surface area contributed by atoms with Gasteiger partial charge in [0.05, 0.1) is 4.92 Å². The molecule has 2 N–H and O–H groups in total. The molecule has 0 radical (unpaired) electrons. The second kappa shape index (κ2) is 4.21. The highest BCUT2D eigenvalue weighted by atomic mass is 32.2. The van der Waals surface area contributed by atoms with E-state index in [9.17, 15) is 18.5 Å². The van der Waals surface area contributed by atoms with Crippen LogP contribution >= 0.6 is 0 Å². The fraction of sp³-hybridized carbons (Fsp3) is 0.400. The lowest BCUT2D eigenvalue weighted by molar-refractivity contribution is -0.387. The van der Waals surface area contributed by atoms with Gasteiger partial charge in [-0.25, -0.2) is 8.42 Å². The van der Waals surface area contributed by atoms with Crippen molar-refractivity contribution < 1.29 is 13.3 Å². The van der Waals surface area contributed by atoms with Gasteiger partial charge in [0.1, 0.15) is 10.6 Å². The van der Waals surface area contributed by atoms with Crippen molar-refractivity contribution in [2.45, 2.75) is 10.9 Å². The highest BCUT2D eigenvalue weighted by Gasteiger charge is 2.33. The van der Waals surface area contributed by atoms with Crippen molar-refractivity contribution in [1.82, 2.24) is 0 Å². The Balaban J connectivity index is 2.57. The number of nitro groups is 1. The van der Waals surface area contributed by atoms with Crippen LogP contribution in [0.15, 0.2) is 23.1 Å². The molecule has 0 aliphatic carbocycles. The molecular formula is C10H13N3O4S. The van der Waals surface area contributed by atoms with Crippen LogP contribution in [0, 0.1) is 10.1 Å². The summed E-state index contributed by atoms with van der Waals surface area (Å²) in [5.41, 5.74) is 5.57. The molecule has 0 amide bonds. The number of benzene rings is 1. The fourth-order valence-corrected chi connectivity index (χ4v) is 2.81. The van der Waals surface area contributed by atoms with Gasteiger partial charge in [0, 0.05) is 25.4 Å². The van der Waals surface area contributed by atoms with Crippen molar-refractivity contribution in [3.8, 4) is 0 Å². The van der Waals surface area contributed by atoms with Crippen molar-refractivity contribution in [3.05, 3.63) is 28.3 Å². The van der Waals surface area contributed by atoms with Crippen LogP contribution in [-0.2, 0) is 9.84 Å². The van der Waals surface area contributed by atoms with E-state index in [1.807, 2.05) is 0 Å². The van der Waals surface area contributed by atoms with Gasteiger partial charge < -0.3 is 10.6 Å². The normalized spacial score (nSPS) is 16.4. The highest BCUT2D eigenvalue weighted by Crippen LogP contribution is 2.36. The zero-order valence-electron chi connectivity index (χ0n) is 9.74. The molecule has 8 heteroatoms. The third-order valence-corrected chi connectivity index (χ3v) is 3.94. The first-order valence-electron chi connectivity index (χ1n) is 5.28. The largest absolute Gasteiger partial charge is 0.363 e. The SMILES string of the molecule is CS(=O)(=O)c1cccc(N2CC(N)C2)c1[N+](=O)[O-]. The van der Waals surface area contributed by atoms with Crippen LogP contribution in [0.3, 0.4) is 0 Å². The number of nitrogens with two attached hydrogens (primary N) is 1. The minimum absolute atomic E-state index is 0.0218. The molecular weight excluding hydrogens is 258 g/mol. The van der Waals surface area contributed by atoms with Crippen LogP contribution in [0.4, 0.5) is 11.4 Å². The van der Waals surface area contributed by atoms with Gasteiger partial charge in [-0.3, -0.25) is 10.1 Å². The molecule has 0 unspecified atom stereocenters. The zero-order chi connectivity index (χ0) is 13.5. The molecule has 1 aliphatic heterocycles. The molecule has 0 saturated carbocycles. The van der Waals surface area contributed by atoms with Gasteiger partial charge in [-0.1, -0.05) is 6.07 Å². The van der Waals surface area contributed by atoms with Crippen LogP contribution in [0.1, 0.15) is 0 Å². The van der Waals surface area contributed by atoms with Gasteiger partial charge in [-0.15, -0.1) is 0 Å². The topological polar surface area (TPSA) is 107 Å². The molecule has 1 saturated heterocycles. The van der Waals surface area contributed by atoms with Gasteiger partial charge >= 0.3 is 5.69 Å². The molecule has 0 bridgehead atoms. The summed E-state index contributed by atoms with van der Waals surface area (Å²) in [6.45, 7) is 0.988. The molecule has 18 heavy (non-hydrogen) atoms. The molecule has 98 valence electrons. The standard InChI is InChI=1S/C10H13N3O4S/c1-18(16,17)9-4-2-3-8(10(9)13(14)15)12-5-7(11)6-12/h2-4,7H,5-6,11H2,1H3. The van der Waals surface area contributed by atoms with Gasteiger partial charge in [0.25, 0.3) is 0 Å². The van der Waals surface area contributed by atoms with Gasteiger partial charge in [-0.2, -0.15) is 0 Å². The smallest absolute Gasteiger partial charge is 0.311 e. The molecule has 7 nitrogen and oxygen atoms in total. The predicted octanol–water partition coefficient (Wildman–Crippen LogP) is 0.146. The maximum absolute atomic E-state index is 11.6. The Morgan fingerprint density at radius 1 is 1.44 bits per heavy atom. The number of hydrogen-bond donors (Lipinski definition) is 1. The quantitative estimate of drug-likeness (QED) is 0.619. The summed E-state index contributed by atoms with van der Waals surface area (Å²) in [5.74, 6) is 0. The number of nitrogens with zero attached hydrogens (tertiary/aromatic N) is 2. The monoisotopic (exact) mass is 271 g/mol. The average Bonchev–Trinajstić information content (AvgIpc) is 2.22. The van der Waals surface area contributed by atoms with E-state index >= 15 is 0 Å². The Morgan fingerprint density at radius 3 is 2.50 bits per heavy atom. The summed E-state index contributed by atoms with van der Waals surface area (Å²) in [5, 5.41) is 11.1. The molecule has 1 aromatic rings. The summed E-state index contributed by atoms with van der Waals surface area (Å²) in [6, 6.07) is 4.27. The minimum atomic E-state index is -3.63. The molecule has 1 aromatic carbocycles. The van der Waals surface area contributed by atoms with Crippen molar-refractivity contribution >= 4 is 21.2 Å². The van der Waals surface area contributed by atoms with Crippen molar-refractivity contribution in [2.75, 3.05) is 24.2 Å². The highest BCUT2D eigenvalue weighted by molar-refractivity contribution is 7.90. The van der Waals surface area contributed by atoms with E-state index in [0.717, 1.165) is 6.26 Å². The van der Waals surface area contributed by atoms with E-state index < -0.39 is 14.8 Å².